The summed E-state index contributed by atoms with van der Waals surface area (Å²) in [6.07, 6.45) is 0. The molecule has 1 atom stereocenters. The van der Waals surface area contributed by atoms with Crippen LogP contribution < -0.4 is 16.6 Å². The molecule has 0 aliphatic carbocycles. The summed E-state index contributed by atoms with van der Waals surface area (Å²) in [6.45, 7) is 7.78. The number of rotatable bonds is 4. The average Bonchev–Trinajstić information content (AvgIpc) is 2.67. The van der Waals surface area contributed by atoms with Crippen molar-refractivity contribution in [3.8, 4) is 0 Å². The van der Waals surface area contributed by atoms with Gasteiger partial charge in [-0.15, -0.1) is 0 Å². The topological polar surface area (TPSA) is 89.0 Å². The zero-order valence-corrected chi connectivity index (χ0v) is 11.6. The molecule has 0 aliphatic rings. The van der Waals surface area contributed by atoms with E-state index in [-0.39, 0.29) is 6.04 Å². The lowest BCUT2D eigenvalue weighted by Crippen LogP contribution is -2.13. The largest absolute Gasteiger partial charge is 0.466 e. The predicted octanol–water partition coefficient (Wildman–Crippen LogP) is 2.45. The van der Waals surface area contributed by atoms with Crippen molar-refractivity contribution < 1.29 is 4.42 Å². The Bertz CT molecular complexity index is 578. The SMILES string of the molecule is Cc1nc(NN)cc(NC(C)c2cc(C)oc2C)n1. The van der Waals surface area contributed by atoms with Crippen LogP contribution in [0.2, 0.25) is 0 Å². The summed E-state index contributed by atoms with van der Waals surface area (Å²) < 4.78 is 5.54. The minimum absolute atomic E-state index is 0.0948. The van der Waals surface area contributed by atoms with E-state index in [0.29, 0.717) is 11.6 Å². The molecule has 2 aromatic rings. The Morgan fingerprint density at radius 2 is 1.84 bits per heavy atom. The highest BCUT2D eigenvalue weighted by Crippen LogP contribution is 2.24. The van der Waals surface area contributed by atoms with Gasteiger partial charge in [0.05, 0.1) is 6.04 Å². The molecule has 0 aliphatic heterocycles. The van der Waals surface area contributed by atoms with Crippen molar-refractivity contribution in [1.29, 1.82) is 0 Å². The van der Waals surface area contributed by atoms with Crippen LogP contribution in [0.5, 0.6) is 0 Å². The molecule has 0 bridgehead atoms. The first-order valence-corrected chi connectivity index (χ1v) is 6.15. The van der Waals surface area contributed by atoms with Crippen molar-refractivity contribution in [2.75, 3.05) is 10.7 Å². The molecule has 2 rings (SSSR count). The van der Waals surface area contributed by atoms with Gasteiger partial charge in [0, 0.05) is 11.6 Å². The third-order valence-corrected chi connectivity index (χ3v) is 2.90. The summed E-state index contributed by atoms with van der Waals surface area (Å²) >= 11 is 0. The van der Waals surface area contributed by atoms with Crippen LogP contribution in [-0.4, -0.2) is 9.97 Å². The van der Waals surface area contributed by atoms with E-state index in [1.54, 1.807) is 6.07 Å². The minimum atomic E-state index is 0.0948. The number of nitrogens with two attached hydrogens (primary N) is 1. The number of hydrazine groups is 1. The lowest BCUT2D eigenvalue weighted by atomic mass is 10.1. The Labute approximate surface area is 112 Å². The van der Waals surface area contributed by atoms with Crippen molar-refractivity contribution in [2.45, 2.75) is 33.7 Å². The molecule has 0 saturated carbocycles. The van der Waals surface area contributed by atoms with E-state index in [9.17, 15) is 0 Å². The zero-order chi connectivity index (χ0) is 14.0. The number of nitrogens with one attached hydrogen (secondary N) is 2. The number of anilines is 2. The quantitative estimate of drug-likeness (QED) is 0.578. The summed E-state index contributed by atoms with van der Waals surface area (Å²) in [4.78, 5) is 8.48. The Morgan fingerprint density at radius 1 is 1.16 bits per heavy atom. The van der Waals surface area contributed by atoms with E-state index in [4.69, 9.17) is 10.3 Å². The van der Waals surface area contributed by atoms with Crippen LogP contribution in [0, 0.1) is 20.8 Å². The molecule has 4 N–H and O–H groups in total. The molecule has 0 radical (unpaired) electrons. The summed E-state index contributed by atoms with van der Waals surface area (Å²) in [5, 5.41) is 3.32. The number of hydrogen-bond acceptors (Lipinski definition) is 6. The Kier molecular flexibility index (Phi) is 3.71. The van der Waals surface area contributed by atoms with Crippen molar-refractivity contribution in [3.63, 3.8) is 0 Å². The van der Waals surface area contributed by atoms with Gasteiger partial charge in [-0.25, -0.2) is 15.8 Å². The van der Waals surface area contributed by atoms with Gasteiger partial charge >= 0.3 is 0 Å². The van der Waals surface area contributed by atoms with Crippen LogP contribution in [0.4, 0.5) is 11.6 Å². The van der Waals surface area contributed by atoms with Crippen LogP contribution >= 0.6 is 0 Å². The molecule has 6 heteroatoms. The van der Waals surface area contributed by atoms with E-state index in [2.05, 4.69) is 27.6 Å². The van der Waals surface area contributed by atoms with Gasteiger partial charge in [0.1, 0.15) is 29.0 Å². The molecule has 2 heterocycles. The second-order valence-electron chi connectivity index (χ2n) is 4.56. The molecule has 0 saturated heterocycles. The Morgan fingerprint density at radius 3 is 2.42 bits per heavy atom. The molecular weight excluding hydrogens is 242 g/mol. The van der Waals surface area contributed by atoms with Gasteiger partial charge in [0.2, 0.25) is 0 Å². The lowest BCUT2D eigenvalue weighted by molar-refractivity contribution is 0.500. The molecule has 0 fully saturated rings. The average molecular weight is 261 g/mol. The first-order chi connectivity index (χ1) is 8.99. The molecule has 6 nitrogen and oxygen atoms in total. The molecular formula is C13H19N5O. The molecule has 0 aromatic carbocycles. The van der Waals surface area contributed by atoms with Gasteiger partial charge in [-0.1, -0.05) is 0 Å². The number of furan rings is 1. The van der Waals surface area contributed by atoms with Crippen LogP contribution in [-0.2, 0) is 0 Å². The maximum absolute atomic E-state index is 5.54. The van der Waals surface area contributed by atoms with E-state index in [1.807, 2.05) is 26.8 Å². The number of hydrogen-bond donors (Lipinski definition) is 3. The highest BCUT2D eigenvalue weighted by atomic mass is 16.3. The van der Waals surface area contributed by atoms with Crippen molar-refractivity contribution in [1.82, 2.24) is 9.97 Å². The molecule has 2 aromatic heterocycles. The fraction of sp³-hybridized carbons (Fsp3) is 0.385. The first-order valence-electron chi connectivity index (χ1n) is 6.15. The third kappa shape index (κ3) is 3.03. The van der Waals surface area contributed by atoms with E-state index >= 15 is 0 Å². The summed E-state index contributed by atoms with van der Waals surface area (Å²) in [7, 11) is 0. The Balaban J connectivity index is 2.21. The van der Waals surface area contributed by atoms with E-state index < -0.39 is 0 Å². The van der Waals surface area contributed by atoms with Crippen molar-refractivity contribution in [3.05, 3.63) is 35.0 Å². The maximum atomic E-state index is 5.54. The summed E-state index contributed by atoms with van der Waals surface area (Å²) in [5.41, 5.74) is 3.65. The summed E-state index contributed by atoms with van der Waals surface area (Å²) in [5.74, 6) is 9.17. The minimum Gasteiger partial charge on any atom is -0.466 e. The first kappa shape index (κ1) is 13.4. The van der Waals surface area contributed by atoms with Gasteiger partial charge < -0.3 is 15.2 Å². The maximum Gasteiger partial charge on any atom is 0.145 e. The Hall–Kier alpha value is -2.08. The van der Waals surface area contributed by atoms with Crippen LogP contribution in [0.15, 0.2) is 16.5 Å². The highest BCUT2D eigenvalue weighted by molar-refractivity contribution is 5.48. The molecule has 0 amide bonds. The molecule has 102 valence electrons. The van der Waals surface area contributed by atoms with E-state index in [1.165, 1.54) is 0 Å². The normalized spacial score (nSPS) is 12.3. The predicted molar refractivity (Wildman–Crippen MR) is 74.8 cm³/mol. The van der Waals surface area contributed by atoms with Crippen LogP contribution in [0.25, 0.3) is 0 Å². The number of aromatic nitrogens is 2. The lowest BCUT2D eigenvalue weighted by Gasteiger charge is -2.14. The number of nitrogen functional groups attached to an aromatic ring is 1. The highest BCUT2D eigenvalue weighted by Gasteiger charge is 2.13. The van der Waals surface area contributed by atoms with Gasteiger partial charge in [0.15, 0.2) is 0 Å². The van der Waals surface area contributed by atoms with Crippen molar-refractivity contribution >= 4 is 11.6 Å². The zero-order valence-electron chi connectivity index (χ0n) is 11.6. The van der Waals surface area contributed by atoms with Gasteiger partial charge in [-0.3, -0.25) is 0 Å². The number of nitrogens with zero attached hydrogens (tertiary/aromatic N) is 2. The van der Waals surface area contributed by atoms with Gasteiger partial charge in [-0.2, -0.15) is 0 Å². The number of aryl methyl sites for hydroxylation is 3. The van der Waals surface area contributed by atoms with Crippen molar-refractivity contribution in [2.24, 2.45) is 5.84 Å². The molecule has 19 heavy (non-hydrogen) atoms. The fourth-order valence-corrected chi connectivity index (χ4v) is 2.10. The standard InChI is InChI=1S/C13H19N5O/c1-7-5-11(9(3)19-7)8(2)15-12-6-13(18-14)17-10(4)16-12/h5-6,8H,14H2,1-4H3,(H2,15,16,17,18). The van der Waals surface area contributed by atoms with Crippen LogP contribution in [0.1, 0.15) is 35.9 Å². The van der Waals surface area contributed by atoms with Crippen LogP contribution in [0.3, 0.4) is 0 Å². The van der Waals surface area contributed by atoms with Gasteiger partial charge in [0.25, 0.3) is 0 Å². The smallest absolute Gasteiger partial charge is 0.145 e. The monoisotopic (exact) mass is 261 g/mol. The molecule has 0 spiro atoms. The van der Waals surface area contributed by atoms with Gasteiger partial charge in [-0.05, 0) is 33.8 Å². The summed E-state index contributed by atoms with van der Waals surface area (Å²) in [6, 6.07) is 3.90. The third-order valence-electron chi connectivity index (χ3n) is 2.90. The second-order valence-corrected chi connectivity index (χ2v) is 4.56. The second kappa shape index (κ2) is 5.27. The molecule has 1 unspecified atom stereocenters. The van der Waals surface area contributed by atoms with E-state index in [0.717, 1.165) is 22.9 Å². The fourth-order valence-electron chi connectivity index (χ4n) is 2.10.